The van der Waals surface area contributed by atoms with Gasteiger partial charge >= 0.3 is 0 Å². The van der Waals surface area contributed by atoms with E-state index in [1.54, 1.807) is 6.20 Å². The van der Waals surface area contributed by atoms with Crippen LogP contribution in [0.25, 0.3) is 0 Å². The lowest BCUT2D eigenvalue weighted by molar-refractivity contribution is 0.0746. The smallest absolute Gasteiger partial charge is 0.253 e. The van der Waals surface area contributed by atoms with Crippen molar-refractivity contribution in [1.82, 2.24) is 9.88 Å². The van der Waals surface area contributed by atoms with E-state index < -0.39 is 9.84 Å². The maximum absolute atomic E-state index is 12.9. The first-order valence-electron chi connectivity index (χ1n) is 10.2. The summed E-state index contributed by atoms with van der Waals surface area (Å²) in [5.41, 5.74) is 1.49. The minimum Gasteiger partial charge on any atom is -0.353 e. The number of pyridine rings is 1. The number of carbonyl (C=O) groups is 1. The summed E-state index contributed by atoms with van der Waals surface area (Å²) in [6.45, 7) is 2.85. The first-order chi connectivity index (χ1) is 15.0. The van der Waals surface area contributed by atoms with Crippen LogP contribution in [-0.4, -0.2) is 78.4 Å². The Morgan fingerprint density at radius 2 is 1.81 bits per heavy atom. The number of amidine groups is 1. The number of hydrogen-bond acceptors (Lipinski definition) is 8. The van der Waals surface area contributed by atoms with Crippen molar-refractivity contribution in [2.45, 2.75) is 11.3 Å². The molecule has 0 saturated carbocycles. The number of anilines is 2. The number of benzene rings is 1. The second-order valence-corrected chi connectivity index (χ2v) is 11.3. The molecule has 2 saturated heterocycles. The van der Waals surface area contributed by atoms with E-state index in [0.717, 1.165) is 29.8 Å². The summed E-state index contributed by atoms with van der Waals surface area (Å²) >= 11 is 1.48. The van der Waals surface area contributed by atoms with Crippen LogP contribution in [0.2, 0.25) is 0 Å². The molecule has 10 heteroatoms. The number of nitrogens with zero attached hydrogens (tertiary/aromatic N) is 4. The van der Waals surface area contributed by atoms with Gasteiger partial charge in [0.1, 0.15) is 5.82 Å². The number of fused-ring (bicyclic) bond motifs is 1. The number of sulfone groups is 1. The van der Waals surface area contributed by atoms with Gasteiger partial charge in [0.05, 0.1) is 17.5 Å². The van der Waals surface area contributed by atoms with Crippen LogP contribution in [0.4, 0.5) is 11.5 Å². The van der Waals surface area contributed by atoms with Crippen molar-refractivity contribution in [3.05, 3.63) is 54.2 Å². The third kappa shape index (κ3) is 4.40. The molecule has 5 rings (SSSR count). The van der Waals surface area contributed by atoms with Crippen molar-refractivity contribution in [2.75, 3.05) is 47.9 Å². The van der Waals surface area contributed by atoms with E-state index in [4.69, 9.17) is 0 Å². The molecule has 1 amide bonds. The van der Waals surface area contributed by atoms with Gasteiger partial charge in [-0.3, -0.25) is 9.79 Å². The van der Waals surface area contributed by atoms with E-state index in [0.29, 0.717) is 18.7 Å². The Labute approximate surface area is 185 Å². The van der Waals surface area contributed by atoms with E-state index in [1.807, 2.05) is 47.4 Å². The summed E-state index contributed by atoms with van der Waals surface area (Å²) in [5.74, 6) is 1.30. The number of aliphatic imine (C=N–C) groups is 1. The molecule has 1 N–H and O–H groups in total. The molecule has 2 fully saturated rings. The molecule has 3 aliphatic heterocycles. The normalized spacial score (nSPS) is 24.6. The lowest BCUT2D eigenvalue weighted by Gasteiger charge is -2.35. The molecule has 8 nitrogen and oxygen atoms in total. The van der Waals surface area contributed by atoms with E-state index in [1.165, 1.54) is 11.8 Å². The molecule has 0 spiro atoms. The Morgan fingerprint density at radius 1 is 1.03 bits per heavy atom. The maximum atomic E-state index is 12.9. The molecule has 0 bridgehead atoms. The summed E-state index contributed by atoms with van der Waals surface area (Å²) in [7, 11) is -2.95. The Balaban J connectivity index is 1.17. The molecule has 1 aromatic carbocycles. The molecule has 0 unspecified atom stereocenters. The number of nitrogens with one attached hydrogen (secondary N) is 1. The molecule has 2 aromatic rings. The van der Waals surface area contributed by atoms with Gasteiger partial charge in [0.2, 0.25) is 0 Å². The number of piperazine rings is 1. The number of carbonyl (C=O) groups excluding carboxylic acids is 1. The van der Waals surface area contributed by atoms with Crippen LogP contribution in [0.1, 0.15) is 10.4 Å². The van der Waals surface area contributed by atoms with Gasteiger partial charge in [0, 0.05) is 48.9 Å². The minimum atomic E-state index is -2.95. The van der Waals surface area contributed by atoms with Crippen molar-refractivity contribution in [3.8, 4) is 0 Å². The van der Waals surface area contributed by atoms with Crippen molar-refractivity contribution in [1.29, 1.82) is 0 Å². The SMILES string of the molecule is O=C(c1ccc(NC2=N[C@H]3CS(=O)(=O)C[C@H]3S2)cc1)N1CCN(c2ccccn2)CC1. The average molecular weight is 458 g/mol. The Morgan fingerprint density at radius 3 is 2.48 bits per heavy atom. The first-order valence-corrected chi connectivity index (χ1v) is 12.9. The number of amides is 1. The average Bonchev–Trinajstić information content (AvgIpc) is 3.27. The molecule has 1 aromatic heterocycles. The van der Waals surface area contributed by atoms with Gasteiger partial charge in [-0.1, -0.05) is 17.8 Å². The first kappa shape index (κ1) is 20.3. The highest BCUT2D eigenvalue weighted by molar-refractivity contribution is 8.15. The number of hydrogen-bond donors (Lipinski definition) is 1. The topological polar surface area (TPSA) is 95.0 Å². The zero-order chi connectivity index (χ0) is 21.4. The zero-order valence-corrected chi connectivity index (χ0v) is 18.5. The summed E-state index contributed by atoms with van der Waals surface area (Å²) in [5, 5.41) is 4.00. The second kappa shape index (κ2) is 8.16. The number of thioether (sulfide) groups is 1. The predicted molar refractivity (Wildman–Crippen MR) is 124 cm³/mol. The van der Waals surface area contributed by atoms with Crippen molar-refractivity contribution in [2.24, 2.45) is 4.99 Å². The fraction of sp³-hybridized carbons (Fsp3) is 0.381. The van der Waals surface area contributed by atoms with E-state index in [-0.39, 0.29) is 28.7 Å². The molecule has 4 heterocycles. The van der Waals surface area contributed by atoms with Crippen LogP contribution >= 0.6 is 11.8 Å². The Bertz CT molecular complexity index is 1100. The molecular formula is C21H23N5O3S2. The standard InChI is InChI=1S/C21H23N5O3S2/c27-20(26-11-9-25(10-12-26)19-3-1-2-8-22-19)15-4-6-16(7-5-15)23-21-24-17-13-31(28,29)14-18(17)30-21/h1-8,17-18H,9-14H2,(H,23,24)/t17-,18+/m0/s1. The zero-order valence-electron chi connectivity index (χ0n) is 16.8. The van der Waals surface area contributed by atoms with Gasteiger partial charge in [-0.15, -0.1) is 0 Å². The Hall–Kier alpha value is -2.59. The van der Waals surface area contributed by atoms with Crippen LogP contribution in [0.5, 0.6) is 0 Å². The van der Waals surface area contributed by atoms with Crippen LogP contribution in [0, 0.1) is 0 Å². The van der Waals surface area contributed by atoms with Gasteiger partial charge in [-0.25, -0.2) is 13.4 Å². The van der Waals surface area contributed by atoms with Crippen LogP contribution in [-0.2, 0) is 9.84 Å². The van der Waals surface area contributed by atoms with Crippen LogP contribution in [0.15, 0.2) is 53.7 Å². The monoisotopic (exact) mass is 457 g/mol. The highest BCUT2D eigenvalue weighted by Gasteiger charge is 2.42. The molecule has 31 heavy (non-hydrogen) atoms. The molecule has 0 aliphatic carbocycles. The fourth-order valence-electron chi connectivity index (χ4n) is 4.10. The lowest BCUT2D eigenvalue weighted by atomic mass is 10.1. The summed E-state index contributed by atoms with van der Waals surface area (Å²) in [6.07, 6.45) is 1.78. The molecule has 0 radical (unpaired) electrons. The van der Waals surface area contributed by atoms with Gasteiger partial charge in [0.15, 0.2) is 15.0 Å². The highest BCUT2D eigenvalue weighted by Crippen LogP contribution is 2.34. The second-order valence-electron chi connectivity index (χ2n) is 7.90. The van der Waals surface area contributed by atoms with Crippen LogP contribution in [0.3, 0.4) is 0 Å². The summed E-state index contributed by atoms with van der Waals surface area (Å²) in [4.78, 5) is 25.8. The fourth-order valence-corrected chi connectivity index (χ4v) is 7.77. The summed E-state index contributed by atoms with van der Waals surface area (Å²) in [6, 6.07) is 13.1. The minimum absolute atomic E-state index is 0.0121. The predicted octanol–water partition coefficient (Wildman–Crippen LogP) is 1.72. The third-order valence-corrected chi connectivity index (χ3v) is 8.88. The van der Waals surface area contributed by atoms with E-state index in [9.17, 15) is 13.2 Å². The number of rotatable bonds is 3. The molecule has 162 valence electrons. The van der Waals surface area contributed by atoms with Gasteiger partial charge < -0.3 is 15.1 Å². The molecule has 2 atom stereocenters. The van der Waals surface area contributed by atoms with Gasteiger partial charge in [0.25, 0.3) is 5.91 Å². The van der Waals surface area contributed by atoms with E-state index >= 15 is 0 Å². The highest BCUT2D eigenvalue weighted by atomic mass is 32.2. The molecule has 3 aliphatic rings. The third-order valence-electron chi connectivity index (χ3n) is 5.74. The van der Waals surface area contributed by atoms with Gasteiger partial charge in [-0.05, 0) is 36.4 Å². The van der Waals surface area contributed by atoms with Crippen molar-refractivity contribution in [3.63, 3.8) is 0 Å². The van der Waals surface area contributed by atoms with Crippen LogP contribution < -0.4 is 10.2 Å². The molecular weight excluding hydrogens is 434 g/mol. The van der Waals surface area contributed by atoms with Gasteiger partial charge in [-0.2, -0.15) is 0 Å². The van der Waals surface area contributed by atoms with E-state index in [2.05, 4.69) is 20.2 Å². The Kier molecular flexibility index (Phi) is 5.35. The largest absolute Gasteiger partial charge is 0.353 e. The lowest BCUT2D eigenvalue weighted by Crippen LogP contribution is -2.49. The number of aromatic nitrogens is 1. The maximum Gasteiger partial charge on any atom is 0.253 e. The quantitative estimate of drug-likeness (QED) is 0.750. The van der Waals surface area contributed by atoms with Crippen molar-refractivity contribution < 1.29 is 13.2 Å². The van der Waals surface area contributed by atoms with Crippen molar-refractivity contribution >= 4 is 44.2 Å². The summed E-state index contributed by atoms with van der Waals surface area (Å²) < 4.78 is 23.4.